The highest BCUT2D eigenvalue weighted by Crippen LogP contribution is 2.30. The van der Waals surface area contributed by atoms with Crippen LogP contribution in [0.1, 0.15) is 15.9 Å². The van der Waals surface area contributed by atoms with Gasteiger partial charge in [0.05, 0.1) is 12.7 Å². The minimum absolute atomic E-state index is 0.129. The summed E-state index contributed by atoms with van der Waals surface area (Å²) in [7, 11) is -3.30. The van der Waals surface area contributed by atoms with Gasteiger partial charge in [0.15, 0.2) is 5.75 Å². The Morgan fingerprint density at radius 2 is 1.58 bits per heavy atom. The zero-order valence-corrected chi connectivity index (χ0v) is 13.0. The van der Waals surface area contributed by atoms with Crippen LogP contribution in [0.15, 0.2) is 53.4 Å². The van der Waals surface area contributed by atoms with E-state index in [9.17, 15) is 26.4 Å². The molecule has 0 aromatic heterocycles. The van der Waals surface area contributed by atoms with E-state index in [-0.39, 0.29) is 11.3 Å². The zero-order chi connectivity index (χ0) is 18.0. The van der Waals surface area contributed by atoms with Crippen molar-refractivity contribution in [1.82, 2.24) is 0 Å². The molecule has 0 N–H and O–H groups in total. The Morgan fingerprint density at radius 3 is 2.12 bits per heavy atom. The van der Waals surface area contributed by atoms with Gasteiger partial charge in [0.2, 0.25) is 0 Å². The Kier molecular flexibility index (Phi) is 4.83. The summed E-state index contributed by atoms with van der Waals surface area (Å²) in [4.78, 5) is 11.1. The minimum Gasteiger partial charge on any atom is -0.465 e. The maximum Gasteiger partial charge on any atom is 0.416 e. The molecule has 0 aliphatic heterocycles. The van der Waals surface area contributed by atoms with Crippen LogP contribution in [0, 0.1) is 0 Å². The summed E-state index contributed by atoms with van der Waals surface area (Å²) < 4.78 is 71.2. The number of hydrogen-bond donors (Lipinski definition) is 0. The molecule has 0 spiro atoms. The van der Waals surface area contributed by atoms with E-state index < -0.39 is 32.7 Å². The Morgan fingerprint density at radius 1 is 1.00 bits per heavy atom. The van der Waals surface area contributed by atoms with Crippen molar-refractivity contribution in [2.24, 2.45) is 0 Å². The highest BCUT2D eigenvalue weighted by atomic mass is 32.2. The van der Waals surface area contributed by atoms with Crippen molar-refractivity contribution in [1.29, 1.82) is 0 Å². The maximum absolute atomic E-state index is 12.5. The van der Waals surface area contributed by atoms with Crippen LogP contribution in [-0.4, -0.2) is 21.5 Å². The first-order chi connectivity index (χ1) is 11.1. The summed E-state index contributed by atoms with van der Waals surface area (Å²) in [6.45, 7) is 0. The lowest BCUT2D eigenvalue weighted by molar-refractivity contribution is -0.137. The van der Waals surface area contributed by atoms with E-state index in [0.717, 1.165) is 19.2 Å². The molecule has 9 heteroatoms. The lowest BCUT2D eigenvalue weighted by Crippen LogP contribution is -2.13. The number of rotatable bonds is 4. The molecule has 0 atom stereocenters. The second-order valence-corrected chi connectivity index (χ2v) is 6.09. The van der Waals surface area contributed by atoms with E-state index in [0.29, 0.717) is 12.1 Å². The Balaban J connectivity index is 2.34. The smallest absolute Gasteiger partial charge is 0.416 e. The highest BCUT2D eigenvalue weighted by molar-refractivity contribution is 7.87. The molecular formula is C15H11F3O5S. The average Bonchev–Trinajstić information content (AvgIpc) is 2.53. The van der Waals surface area contributed by atoms with Gasteiger partial charge in [0, 0.05) is 0 Å². The van der Waals surface area contributed by atoms with E-state index >= 15 is 0 Å². The van der Waals surface area contributed by atoms with E-state index in [1.54, 1.807) is 0 Å². The molecule has 0 bridgehead atoms. The number of carbonyl (C=O) groups excluding carboxylic acids is 1. The molecular weight excluding hydrogens is 349 g/mol. The molecule has 0 heterocycles. The second-order valence-electron chi connectivity index (χ2n) is 4.55. The molecule has 128 valence electrons. The lowest BCUT2D eigenvalue weighted by atomic mass is 10.2. The van der Waals surface area contributed by atoms with Crippen molar-refractivity contribution >= 4 is 16.1 Å². The van der Waals surface area contributed by atoms with Crippen LogP contribution < -0.4 is 4.18 Å². The predicted octanol–water partition coefficient (Wildman–Crippen LogP) is 3.26. The van der Waals surface area contributed by atoms with Crippen molar-refractivity contribution in [2.75, 3.05) is 7.11 Å². The normalized spacial score (nSPS) is 11.8. The van der Waals surface area contributed by atoms with Crippen LogP contribution in [-0.2, 0) is 21.0 Å². The summed E-state index contributed by atoms with van der Waals surface area (Å²) in [5.74, 6) is -1.10. The number of methoxy groups -OCH3 is 1. The number of alkyl halides is 3. The predicted molar refractivity (Wildman–Crippen MR) is 77.0 cm³/mol. The second kappa shape index (κ2) is 6.52. The number of esters is 1. The van der Waals surface area contributed by atoms with Gasteiger partial charge in [0.25, 0.3) is 0 Å². The topological polar surface area (TPSA) is 69.7 Å². The van der Waals surface area contributed by atoms with Gasteiger partial charge in [0.1, 0.15) is 10.5 Å². The van der Waals surface area contributed by atoms with Crippen LogP contribution in [0.5, 0.6) is 5.75 Å². The van der Waals surface area contributed by atoms with Gasteiger partial charge in [-0.25, -0.2) is 4.79 Å². The molecule has 2 aromatic carbocycles. The molecule has 0 aliphatic carbocycles. The summed E-state index contributed by atoms with van der Waals surface area (Å²) in [5.41, 5.74) is -1.12. The third-order valence-electron chi connectivity index (χ3n) is 2.96. The first-order valence-electron chi connectivity index (χ1n) is 6.44. The fraction of sp³-hybridized carbons (Fsp3) is 0.133. The third-order valence-corrected chi connectivity index (χ3v) is 4.21. The maximum atomic E-state index is 12.5. The molecule has 0 aliphatic rings. The van der Waals surface area contributed by atoms with Gasteiger partial charge in [-0.2, -0.15) is 21.6 Å². The highest BCUT2D eigenvalue weighted by Gasteiger charge is 2.31. The van der Waals surface area contributed by atoms with Gasteiger partial charge in [-0.3, -0.25) is 0 Å². The van der Waals surface area contributed by atoms with E-state index in [4.69, 9.17) is 4.18 Å². The number of para-hydroxylation sites is 1. The van der Waals surface area contributed by atoms with Crippen molar-refractivity contribution in [3.05, 3.63) is 59.7 Å². The van der Waals surface area contributed by atoms with Gasteiger partial charge >= 0.3 is 22.3 Å². The number of benzene rings is 2. The van der Waals surface area contributed by atoms with Gasteiger partial charge < -0.3 is 8.92 Å². The number of ether oxygens (including phenoxy) is 1. The molecule has 0 radical (unpaired) electrons. The SMILES string of the molecule is COC(=O)c1ccccc1OS(=O)(=O)c1ccc(C(F)(F)F)cc1. The molecule has 24 heavy (non-hydrogen) atoms. The van der Waals surface area contributed by atoms with E-state index in [2.05, 4.69) is 4.74 Å². The number of hydrogen-bond acceptors (Lipinski definition) is 5. The Hall–Kier alpha value is -2.55. The van der Waals surface area contributed by atoms with Crippen LogP contribution >= 0.6 is 0 Å². The molecule has 0 amide bonds. The Bertz CT molecular complexity index is 842. The molecule has 0 saturated carbocycles. The fourth-order valence-corrected chi connectivity index (χ4v) is 2.74. The quantitative estimate of drug-likeness (QED) is 0.618. The van der Waals surface area contributed by atoms with Crippen molar-refractivity contribution in [3.8, 4) is 5.75 Å². The van der Waals surface area contributed by atoms with Gasteiger partial charge in [-0.15, -0.1) is 0 Å². The lowest BCUT2D eigenvalue weighted by Gasteiger charge is -2.11. The first-order valence-corrected chi connectivity index (χ1v) is 7.85. The summed E-state index contributed by atoms with van der Waals surface area (Å²) >= 11 is 0. The zero-order valence-electron chi connectivity index (χ0n) is 12.2. The molecule has 0 unspecified atom stereocenters. The van der Waals surface area contributed by atoms with Crippen molar-refractivity contribution in [3.63, 3.8) is 0 Å². The van der Waals surface area contributed by atoms with Gasteiger partial charge in [-0.1, -0.05) is 12.1 Å². The number of carbonyl (C=O) groups is 1. The van der Waals surface area contributed by atoms with Gasteiger partial charge in [-0.05, 0) is 36.4 Å². The first kappa shape index (κ1) is 17.8. The molecule has 2 rings (SSSR count). The molecule has 0 saturated heterocycles. The summed E-state index contributed by atoms with van der Waals surface area (Å²) in [6, 6.07) is 8.24. The van der Waals surface area contributed by atoms with Crippen LogP contribution in [0.2, 0.25) is 0 Å². The Labute approximate surface area is 135 Å². The van der Waals surface area contributed by atoms with Crippen LogP contribution in [0.4, 0.5) is 13.2 Å². The van der Waals surface area contributed by atoms with Crippen molar-refractivity contribution in [2.45, 2.75) is 11.1 Å². The monoisotopic (exact) mass is 360 g/mol. The molecule has 2 aromatic rings. The minimum atomic E-state index is -4.58. The van der Waals surface area contributed by atoms with Crippen molar-refractivity contribution < 1.29 is 35.3 Å². The molecule has 5 nitrogen and oxygen atoms in total. The fourth-order valence-electron chi connectivity index (χ4n) is 1.79. The average molecular weight is 360 g/mol. The third kappa shape index (κ3) is 3.85. The van der Waals surface area contributed by atoms with Crippen LogP contribution in [0.25, 0.3) is 0 Å². The molecule has 0 fully saturated rings. The van der Waals surface area contributed by atoms with E-state index in [1.807, 2.05) is 0 Å². The summed E-state index contributed by atoms with van der Waals surface area (Å²) in [5, 5.41) is 0. The standard InChI is InChI=1S/C15H11F3O5S/c1-22-14(19)12-4-2-3-5-13(12)23-24(20,21)11-8-6-10(7-9-11)15(16,17)18/h2-9H,1H3. The largest absolute Gasteiger partial charge is 0.465 e. The van der Waals surface area contributed by atoms with Crippen LogP contribution in [0.3, 0.4) is 0 Å². The summed E-state index contributed by atoms with van der Waals surface area (Å²) in [6.07, 6.45) is -4.58. The van der Waals surface area contributed by atoms with E-state index in [1.165, 1.54) is 24.3 Å². The number of halogens is 3.